The first-order valence-electron chi connectivity index (χ1n) is 21.6. The zero-order valence-electron chi connectivity index (χ0n) is 35.7. The number of amides is 1. The Kier molecular flexibility index (Phi) is 12.8. The number of halogens is 1. The van der Waals surface area contributed by atoms with Crippen molar-refractivity contribution in [3.8, 4) is 11.5 Å². The van der Waals surface area contributed by atoms with E-state index in [1.807, 2.05) is 61.7 Å². The molecule has 1 saturated carbocycles. The second kappa shape index (κ2) is 18.3. The molecule has 0 unspecified atom stereocenters. The van der Waals surface area contributed by atoms with E-state index in [0.717, 1.165) is 111 Å². The number of methoxy groups -OCH3 is 1. The summed E-state index contributed by atoms with van der Waals surface area (Å²) >= 11 is 6.26. The molecule has 2 heterocycles. The van der Waals surface area contributed by atoms with Gasteiger partial charge in [0.05, 0.1) is 16.6 Å². The lowest BCUT2D eigenvalue weighted by Crippen LogP contribution is -2.47. The van der Waals surface area contributed by atoms with Crippen molar-refractivity contribution in [1.82, 2.24) is 14.6 Å². The average Bonchev–Trinajstić information content (AvgIpc) is 3.72. The van der Waals surface area contributed by atoms with Gasteiger partial charge in [-0.2, -0.15) is 0 Å². The first kappa shape index (κ1) is 42.9. The smallest absolute Gasteiger partial charge is 0.268 e. The SMILES string of the molecule is COC1CCC(CNc2ccc(S(=O)(=O)NC(=O)c3ccc(N4CCN(CC5=C(c6ccc(Cl)cc6)CC(C)(C)CC5)CC4)cc3Oc3ccc4[nH]ccc4c3)cc2C)CC1. The quantitative estimate of drug-likeness (QED) is 0.107. The highest BCUT2D eigenvalue weighted by atomic mass is 35.5. The number of carbonyl (C=O) groups excluding carboxylic acids is 1. The summed E-state index contributed by atoms with van der Waals surface area (Å²) < 4.78 is 41.8. The minimum atomic E-state index is -4.21. The first-order valence-corrected chi connectivity index (χ1v) is 23.5. The molecule has 0 spiro atoms. The van der Waals surface area contributed by atoms with Crippen molar-refractivity contribution in [3.05, 3.63) is 118 Å². The number of aromatic amines is 1. The zero-order chi connectivity index (χ0) is 42.7. The topological polar surface area (TPSA) is 116 Å². The number of hydrogen-bond donors (Lipinski definition) is 3. The maximum Gasteiger partial charge on any atom is 0.268 e. The number of allylic oxidation sites excluding steroid dienone is 1. The summed E-state index contributed by atoms with van der Waals surface area (Å²) in [5.41, 5.74) is 8.13. The van der Waals surface area contributed by atoms with Gasteiger partial charge in [-0.1, -0.05) is 43.2 Å². The van der Waals surface area contributed by atoms with E-state index in [2.05, 4.69) is 50.8 Å². The number of nitrogens with zero attached hydrogens (tertiary/aromatic N) is 2. The molecule has 322 valence electrons. The highest BCUT2D eigenvalue weighted by Crippen LogP contribution is 2.43. The highest BCUT2D eigenvalue weighted by Gasteiger charge is 2.30. The Morgan fingerprint density at radius 3 is 2.43 bits per heavy atom. The lowest BCUT2D eigenvalue weighted by atomic mass is 9.72. The van der Waals surface area contributed by atoms with E-state index in [0.29, 0.717) is 17.8 Å². The number of rotatable bonds is 13. The number of H-pyrrole nitrogens is 1. The standard InChI is InChI=1S/C49H58ClN5O5S/c1-33-27-42(15-18-45(33)52-31-34-5-12-40(59-4)13-6-34)61(57,58)53-48(56)43-16-11-39(29-47(43)60-41-14-17-46-36(28-41)20-22-51-46)55-25-23-54(24-26-55)32-37-19-21-49(2,3)30-44(37)35-7-9-38(50)10-8-35/h7-11,14-18,20,22,27-29,34,40,51-52H,5-6,12-13,19,21,23-26,30-32H2,1-4H3,(H,53,56). The predicted octanol–water partition coefficient (Wildman–Crippen LogP) is 10.4. The number of ether oxygens (including phenoxy) is 2. The normalized spacial score (nSPS) is 19.9. The number of carbonyl (C=O) groups is 1. The van der Waals surface area contributed by atoms with Crippen molar-refractivity contribution < 1.29 is 22.7 Å². The monoisotopic (exact) mass is 863 g/mol. The molecule has 3 N–H and O–H groups in total. The lowest BCUT2D eigenvalue weighted by Gasteiger charge is -2.39. The third-order valence-electron chi connectivity index (χ3n) is 12.9. The molecule has 1 amide bonds. The van der Waals surface area contributed by atoms with E-state index >= 15 is 0 Å². The van der Waals surface area contributed by atoms with Gasteiger partial charge in [-0.15, -0.1) is 0 Å². The minimum Gasteiger partial charge on any atom is -0.456 e. The number of sulfonamides is 1. The predicted molar refractivity (Wildman–Crippen MR) is 247 cm³/mol. The molecule has 4 aromatic carbocycles. The third-order valence-corrected chi connectivity index (χ3v) is 14.5. The van der Waals surface area contributed by atoms with Gasteiger partial charge in [0.1, 0.15) is 11.5 Å². The van der Waals surface area contributed by atoms with Crippen molar-refractivity contribution in [3.63, 3.8) is 0 Å². The Morgan fingerprint density at radius 2 is 1.69 bits per heavy atom. The maximum absolute atomic E-state index is 14.0. The van der Waals surface area contributed by atoms with Crippen LogP contribution >= 0.6 is 11.6 Å². The Morgan fingerprint density at radius 1 is 0.918 bits per heavy atom. The van der Waals surface area contributed by atoms with Gasteiger partial charge in [-0.25, -0.2) is 13.1 Å². The van der Waals surface area contributed by atoms with Crippen LogP contribution in [0.1, 0.15) is 80.3 Å². The van der Waals surface area contributed by atoms with Crippen LogP contribution in [-0.4, -0.2) is 76.7 Å². The number of hydrogen-bond acceptors (Lipinski definition) is 8. The fraction of sp³-hybridized carbons (Fsp3) is 0.408. The fourth-order valence-corrected chi connectivity index (χ4v) is 10.3. The van der Waals surface area contributed by atoms with Crippen molar-refractivity contribution in [2.45, 2.75) is 76.7 Å². The van der Waals surface area contributed by atoms with E-state index in [4.69, 9.17) is 21.1 Å². The number of aromatic nitrogens is 1. The number of aryl methyl sites for hydroxylation is 1. The second-order valence-electron chi connectivity index (χ2n) is 17.9. The van der Waals surface area contributed by atoms with E-state index in [1.54, 1.807) is 31.4 Å². The molecule has 1 aromatic heterocycles. The Labute approximate surface area is 365 Å². The molecule has 5 aromatic rings. The van der Waals surface area contributed by atoms with Crippen LogP contribution in [0.3, 0.4) is 0 Å². The maximum atomic E-state index is 14.0. The van der Waals surface area contributed by atoms with E-state index in [9.17, 15) is 13.2 Å². The molecule has 1 aliphatic heterocycles. The average molecular weight is 865 g/mol. The van der Waals surface area contributed by atoms with Crippen LogP contribution in [0.25, 0.3) is 16.5 Å². The van der Waals surface area contributed by atoms with Crippen LogP contribution < -0.4 is 19.7 Å². The van der Waals surface area contributed by atoms with E-state index < -0.39 is 15.9 Å². The number of benzene rings is 4. The van der Waals surface area contributed by atoms with Crippen LogP contribution in [0, 0.1) is 18.3 Å². The zero-order valence-corrected chi connectivity index (χ0v) is 37.3. The summed E-state index contributed by atoms with van der Waals surface area (Å²) in [6, 6.07) is 26.2. The van der Waals surface area contributed by atoms with Crippen molar-refractivity contribution in [2.24, 2.45) is 11.3 Å². The molecule has 3 aliphatic rings. The highest BCUT2D eigenvalue weighted by molar-refractivity contribution is 7.90. The second-order valence-corrected chi connectivity index (χ2v) is 20.0. The van der Waals surface area contributed by atoms with Gasteiger partial charge in [-0.05, 0) is 147 Å². The van der Waals surface area contributed by atoms with Gasteiger partial charge in [0.25, 0.3) is 15.9 Å². The molecular formula is C49H58ClN5O5S. The number of nitrogens with one attached hydrogen (secondary N) is 3. The summed E-state index contributed by atoms with van der Waals surface area (Å²) in [5, 5.41) is 5.22. The molecule has 1 saturated heterocycles. The van der Waals surface area contributed by atoms with Gasteiger partial charge < -0.3 is 24.7 Å². The van der Waals surface area contributed by atoms with Gasteiger partial charge in [0.2, 0.25) is 0 Å². The molecule has 2 fully saturated rings. The fourth-order valence-electron chi connectivity index (χ4n) is 9.16. The Bertz CT molecular complexity index is 2500. The lowest BCUT2D eigenvalue weighted by molar-refractivity contribution is 0.0585. The van der Waals surface area contributed by atoms with Gasteiger partial charge in [0, 0.05) is 85.9 Å². The van der Waals surface area contributed by atoms with Crippen molar-refractivity contribution >= 4 is 55.4 Å². The molecule has 61 heavy (non-hydrogen) atoms. The number of anilines is 2. The van der Waals surface area contributed by atoms with Crippen molar-refractivity contribution in [1.29, 1.82) is 0 Å². The Hall–Kier alpha value is -4.81. The number of piperazine rings is 1. The van der Waals surface area contributed by atoms with Crippen LogP contribution in [-0.2, 0) is 14.8 Å². The molecule has 8 rings (SSSR count). The molecule has 2 aliphatic carbocycles. The van der Waals surface area contributed by atoms with Crippen LogP contribution in [0.4, 0.5) is 11.4 Å². The van der Waals surface area contributed by atoms with Gasteiger partial charge >= 0.3 is 0 Å². The molecule has 0 bridgehead atoms. The van der Waals surface area contributed by atoms with Crippen LogP contribution in [0.15, 0.2) is 102 Å². The summed E-state index contributed by atoms with van der Waals surface area (Å²) in [5.74, 6) is 0.594. The molecule has 12 heteroatoms. The largest absolute Gasteiger partial charge is 0.456 e. The van der Waals surface area contributed by atoms with Gasteiger partial charge in [0.15, 0.2) is 0 Å². The van der Waals surface area contributed by atoms with Crippen molar-refractivity contribution in [2.75, 3.05) is 56.6 Å². The van der Waals surface area contributed by atoms with E-state index in [-0.39, 0.29) is 21.6 Å². The summed E-state index contributed by atoms with van der Waals surface area (Å²) in [4.78, 5) is 22.0. The summed E-state index contributed by atoms with van der Waals surface area (Å²) in [6.07, 6.45) is 9.80. The Balaban J connectivity index is 0.972. The molecule has 0 atom stereocenters. The molecule has 0 radical (unpaired) electrons. The van der Waals surface area contributed by atoms with Crippen LogP contribution in [0.5, 0.6) is 11.5 Å². The summed E-state index contributed by atoms with van der Waals surface area (Å²) in [7, 11) is -2.43. The third kappa shape index (κ3) is 10.3. The van der Waals surface area contributed by atoms with Gasteiger partial charge in [-0.3, -0.25) is 9.69 Å². The van der Waals surface area contributed by atoms with E-state index in [1.165, 1.54) is 23.1 Å². The van der Waals surface area contributed by atoms with Crippen LogP contribution in [0.2, 0.25) is 5.02 Å². The molecule has 10 nitrogen and oxygen atoms in total. The summed E-state index contributed by atoms with van der Waals surface area (Å²) in [6.45, 7) is 11.7. The number of fused-ring (bicyclic) bond motifs is 1. The molecular weight excluding hydrogens is 806 g/mol. The first-order chi connectivity index (χ1) is 29.3. The minimum absolute atomic E-state index is 0.0207.